The van der Waals surface area contributed by atoms with E-state index in [0.717, 1.165) is 21.8 Å². The lowest BCUT2D eigenvalue weighted by Gasteiger charge is -2.34. The molecule has 45 heavy (non-hydrogen) atoms. The molecule has 2 saturated heterocycles. The molecule has 0 saturated carbocycles. The van der Waals surface area contributed by atoms with E-state index in [9.17, 15) is 18.8 Å². The first kappa shape index (κ1) is 32.8. The molecule has 3 heterocycles. The summed E-state index contributed by atoms with van der Waals surface area (Å²) in [4.78, 5) is 49.2. The number of ether oxygens (including phenoxy) is 2. The predicted molar refractivity (Wildman–Crippen MR) is 170 cm³/mol. The van der Waals surface area contributed by atoms with Crippen molar-refractivity contribution in [3.8, 4) is 0 Å². The monoisotopic (exact) mass is 639 g/mol. The Morgan fingerprint density at radius 2 is 1.91 bits per heavy atom. The van der Waals surface area contributed by atoms with Crippen molar-refractivity contribution in [2.45, 2.75) is 82.8 Å². The van der Waals surface area contributed by atoms with Crippen LogP contribution in [0.25, 0.3) is 5.57 Å². The number of aromatic nitrogens is 1. The summed E-state index contributed by atoms with van der Waals surface area (Å²) in [6.45, 7) is 6.62. The standard InChI is InChI=1S/C33H42FN5O5S/c1-5-43-21(3)28(37-30(40)20(2)35-4)32(41)38-16-15-27-29(38)25(17-39(27)33(42)44-18-22-9-7-6-8-10-22)26-19-45-31(36-26)23-11-13-24(34)14-12-23/h6-11,13,19-21,25,27-29,35H,5,12,14-18H2,1-4H3,(H,37,40)/t20-,21+,25+,27+,28-,29+/m0/s1. The number of fused-ring (bicyclic) bond motifs is 1. The molecule has 3 aliphatic rings. The van der Waals surface area contributed by atoms with Gasteiger partial charge in [-0.1, -0.05) is 36.4 Å². The van der Waals surface area contributed by atoms with Crippen LogP contribution in [-0.4, -0.2) is 89.7 Å². The number of benzene rings is 1. The highest BCUT2D eigenvalue weighted by Crippen LogP contribution is 2.43. The Morgan fingerprint density at radius 3 is 2.60 bits per heavy atom. The van der Waals surface area contributed by atoms with E-state index in [-0.39, 0.29) is 42.2 Å². The summed E-state index contributed by atoms with van der Waals surface area (Å²) in [5.41, 5.74) is 2.63. The molecule has 2 aromatic rings. The highest BCUT2D eigenvalue weighted by Gasteiger charge is 2.54. The number of hydrogen-bond acceptors (Lipinski definition) is 8. The Bertz CT molecular complexity index is 1430. The molecule has 2 fully saturated rings. The number of rotatable bonds is 11. The number of thiazole rings is 1. The Kier molecular flexibility index (Phi) is 10.7. The fraction of sp³-hybridized carbons (Fsp3) is 0.515. The van der Waals surface area contributed by atoms with Crippen molar-refractivity contribution in [2.24, 2.45) is 0 Å². The fourth-order valence-corrected chi connectivity index (χ4v) is 7.28. The summed E-state index contributed by atoms with van der Waals surface area (Å²) in [6.07, 6.45) is 3.72. The Balaban J connectivity index is 1.43. The minimum atomic E-state index is -0.910. The average Bonchev–Trinajstić information content (AvgIpc) is 3.79. The van der Waals surface area contributed by atoms with E-state index in [0.29, 0.717) is 39.0 Å². The number of hydrogen-bond donors (Lipinski definition) is 2. The topological polar surface area (TPSA) is 113 Å². The lowest BCUT2D eigenvalue weighted by atomic mass is 9.95. The maximum atomic E-state index is 14.3. The lowest BCUT2D eigenvalue weighted by Crippen LogP contribution is -2.58. The molecule has 2 N–H and O–H groups in total. The number of nitrogens with zero attached hydrogens (tertiary/aromatic N) is 3. The second-order valence-electron chi connectivity index (χ2n) is 11.7. The number of amides is 3. The van der Waals surface area contributed by atoms with Gasteiger partial charge in [-0.15, -0.1) is 11.3 Å². The van der Waals surface area contributed by atoms with Gasteiger partial charge in [0.2, 0.25) is 11.8 Å². The van der Waals surface area contributed by atoms with Crippen molar-refractivity contribution < 1.29 is 28.2 Å². The second-order valence-corrected chi connectivity index (χ2v) is 12.6. The predicted octanol–water partition coefficient (Wildman–Crippen LogP) is 4.40. The SMILES string of the molecule is CCO[C@H](C)[C@H](NC(=O)[C@H](C)NC)C(=O)N1CC[C@@H]2[C@H]1[C@@H](c1csc(C3=CC=C(F)CC3)n1)CN2C(=O)OCc1ccccc1. The second kappa shape index (κ2) is 14.7. The van der Waals surface area contributed by atoms with Gasteiger partial charge in [0, 0.05) is 37.4 Å². The summed E-state index contributed by atoms with van der Waals surface area (Å²) in [5, 5.41) is 8.61. The number of carbonyl (C=O) groups is 3. The normalized spacial score (nSPS) is 23.1. The van der Waals surface area contributed by atoms with Gasteiger partial charge < -0.3 is 29.9 Å². The minimum Gasteiger partial charge on any atom is -0.445 e. The minimum absolute atomic E-state index is 0.142. The molecule has 0 bridgehead atoms. The van der Waals surface area contributed by atoms with Crippen molar-refractivity contribution in [2.75, 3.05) is 26.7 Å². The van der Waals surface area contributed by atoms with Crippen LogP contribution in [0.4, 0.5) is 9.18 Å². The first-order valence-electron chi connectivity index (χ1n) is 15.6. The van der Waals surface area contributed by atoms with Gasteiger partial charge >= 0.3 is 6.09 Å². The number of likely N-dealkylation sites (tertiary alicyclic amines) is 2. The summed E-state index contributed by atoms with van der Waals surface area (Å²) < 4.78 is 25.2. The van der Waals surface area contributed by atoms with E-state index in [1.807, 2.05) is 42.6 Å². The zero-order valence-electron chi connectivity index (χ0n) is 26.2. The third-order valence-corrected chi connectivity index (χ3v) is 9.85. The zero-order valence-corrected chi connectivity index (χ0v) is 27.0. The van der Waals surface area contributed by atoms with Crippen molar-refractivity contribution in [1.29, 1.82) is 0 Å². The quantitative estimate of drug-likeness (QED) is 0.375. The molecule has 2 aliphatic heterocycles. The molecule has 10 nitrogen and oxygen atoms in total. The van der Waals surface area contributed by atoms with Crippen molar-refractivity contribution in [3.63, 3.8) is 0 Å². The van der Waals surface area contributed by atoms with Gasteiger partial charge in [-0.25, -0.2) is 14.2 Å². The lowest BCUT2D eigenvalue weighted by molar-refractivity contribution is -0.142. The average molecular weight is 640 g/mol. The molecule has 0 unspecified atom stereocenters. The van der Waals surface area contributed by atoms with E-state index in [1.54, 1.807) is 36.8 Å². The van der Waals surface area contributed by atoms with E-state index in [4.69, 9.17) is 14.5 Å². The van der Waals surface area contributed by atoms with Gasteiger partial charge in [0.05, 0.1) is 29.9 Å². The first-order valence-corrected chi connectivity index (χ1v) is 16.5. The number of halogens is 1. The number of likely N-dealkylation sites (N-methyl/N-ethyl adjacent to an activating group) is 1. The molecule has 5 rings (SSSR count). The summed E-state index contributed by atoms with van der Waals surface area (Å²) in [6, 6.07) is 7.44. The molecule has 1 aliphatic carbocycles. The molecule has 6 atom stereocenters. The van der Waals surface area contributed by atoms with Crippen LogP contribution in [0.1, 0.15) is 62.2 Å². The van der Waals surface area contributed by atoms with Crippen LogP contribution in [0.15, 0.2) is 53.7 Å². The molecule has 0 spiro atoms. The van der Waals surface area contributed by atoms with Gasteiger partial charge in [0.25, 0.3) is 0 Å². The van der Waals surface area contributed by atoms with Gasteiger partial charge in [-0.05, 0) is 57.9 Å². The van der Waals surface area contributed by atoms with E-state index in [2.05, 4.69) is 10.6 Å². The van der Waals surface area contributed by atoms with Gasteiger partial charge in [0.1, 0.15) is 23.5 Å². The highest BCUT2D eigenvalue weighted by atomic mass is 32.1. The number of nitrogens with one attached hydrogen (secondary N) is 2. The summed E-state index contributed by atoms with van der Waals surface area (Å²) >= 11 is 1.48. The van der Waals surface area contributed by atoms with Crippen LogP contribution in [0.2, 0.25) is 0 Å². The molecule has 242 valence electrons. The first-order chi connectivity index (χ1) is 21.7. The highest BCUT2D eigenvalue weighted by molar-refractivity contribution is 7.10. The van der Waals surface area contributed by atoms with Gasteiger partial charge in [0.15, 0.2) is 0 Å². The molecular weight excluding hydrogens is 597 g/mol. The van der Waals surface area contributed by atoms with Gasteiger partial charge in [-0.3, -0.25) is 9.59 Å². The third-order valence-electron chi connectivity index (χ3n) is 8.91. The Labute approximate surface area is 267 Å². The maximum absolute atomic E-state index is 14.3. The van der Waals surface area contributed by atoms with Crippen LogP contribution < -0.4 is 10.6 Å². The molecular formula is C33H42FN5O5S. The van der Waals surface area contributed by atoms with E-state index in [1.165, 1.54) is 17.4 Å². The van der Waals surface area contributed by atoms with Crippen LogP contribution in [0.5, 0.6) is 0 Å². The maximum Gasteiger partial charge on any atom is 0.410 e. The zero-order chi connectivity index (χ0) is 32.1. The smallest absolute Gasteiger partial charge is 0.410 e. The van der Waals surface area contributed by atoms with Crippen LogP contribution in [-0.2, 0) is 25.7 Å². The Morgan fingerprint density at radius 1 is 1.13 bits per heavy atom. The third kappa shape index (κ3) is 7.29. The molecule has 3 amide bonds. The van der Waals surface area contributed by atoms with Crippen molar-refractivity contribution in [3.05, 3.63) is 70.0 Å². The molecule has 0 radical (unpaired) electrons. The summed E-state index contributed by atoms with van der Waals surface area (Å²) in [5.74, 6) is -0.980. The molecule has 1 aromatic carbocycles. The summed E-state index contributed by atoms with van der Waals surface area (Å²) in [7, 11) is 1.69. The van der Waals surface area contributed by atoms with Crippen LogP contribution >= 0.6 is 11.3 Å². The molecule has 12 heteroatoms. The van der Waals surface area contributed by atoms with Gasteiger partial charge in [-0.2, -0.15) is 0 Å². The van der Waals surface area contributed by atoms with Crippen molar-refractivity contribution >= 4 is 34.8 Å². The molecule has 1 aromatic heterocycles. The fourth-order valence-electron chi connectivity index (χ4n) is 6.34. The van der Waals surface area contributed by atoms with E-state index >= 15 is 0 Å². The van der Waals surface area contributed by atoms with Crippen LogP contribution in [0.3, 0.4) is 0 Å². The number of carbonyl (C=O) groups excluding carboxylic acids is 3. The Hall–Kier alpha value is -3.61. The van der Waals surface area contributed by atoms with E-state index < -0.39 is 24.3 Å². The number of allylic oxidation sites excluding steroid dienone is 4. The van der Waals surface area contributed by atoms with Crippen LogP contribution in [0, 0.1) is 0 Å². The largest absolute Gasteiger partial charge is 0.445 e. The van der Waals surface area contributed by atoms with Crippen molar-refractivity contribution in [1.82, 2.24) is 25.4 Å².